The normalized spacial score (nSPS) is 17.8. The Morgan fingerprint density at radius 1 is 0.444 bits per heavy atom. The fourth-order valence-corrected chi connectivity index (χ4v) is 10.5. The molecular formula is C62H80Cl4F4N12O8. The Bertz CT molecular complexity index is 3140. The smallest absolute Gasteiger partial charge is 0.319 e. The lowest BCUT2D eigenvalue weighted by atomic mass is 9.97. The number of nitrogens with zero attached hydrogens (tertiary/aromatic N) is 6. The van der Waals surface area contributed by atoms with Gasteiger partial charge in [0.15, 0.2) is 0 Å². The van der Waals surface area contributed by atoms with Crippen LogP contribution in [0.2, 0.25) is 20.1 Å². The summed E-state index contributed by atoms with van der Waals surface area (Å²) in [5.74, 6) is -4.32. The van der Waals surface area contributed by atoms with E-state index >= 15 is 0 Å². The van der Waals surface area contributed by atoms with Crippen molar-refractivity contribution in [3.63, 3.8) is 0 Å². The summed E-state index contributed by atoms with van der Waals surface area (Å²) in [6.07, 6.45) is 6.78. The van der Waals surface area contributed by atoms with Crippen LogP contribution in [0.4, 0.5) is 59.5 Å². The number of carbonyl (C=O) groups is 8. The minimum atomic E-state index is -0.577. The fourth-order valence-electron chi connectivity index (χ4n) is 10.0. The van der Waals surface area contributed by atoms with Crippen LogP contribution < -0.4 is 31.9 Å². The highest BCUT2D eigenvalue weighted by Crippen LogP contribution is 2.27. The summed E-state index contributed by atoms with van der Waals surface area (Å²) in [6, 6.07) is 16.1. The van der Waals surface area contributed by atoms with E-state index in [1.54, 1.807) is 69.9 Å². The molecule has 4 aliphatic heterocycles. The van der Waals surface area contributed by atoms with E-state index in [1.807, 2.05) is 20.8 Å². The number of hydrogen-bond donors (Lipinski definition) is 6. The zero-order valence-electron chi connectivity index (χ0n) is 51.4. The topological polar surface area (TPSA) is 228 Å². The molecule has 28 heteroatoms. The number of carbonyl (C=O) groups excluding carboxylic acids is 8. The summed E-state index contributed by atoms with van der Waals surface area (Å²) in [5.41, 5.74) is 1.46. The molecule has 0 saturated carbocycles. The second-order valence-electron chi connectivity index (χ2n) is 22.2. The summed E-state index contributed by atoms with van der Waals surface area (Å²) in [7, 11) is 5.10. The van der Waals surface area contributed by atoms with E-state index in [-0.39, 0.29) is 91.5 Å². The van der Waals surface area contributed by atoms with Crippen LogP contribution in [0.25, 0.3) is 0 Å². The predicted molar refractivity (Wildman–Crippen MR) is 343 cm³/mol. The Morgan fingerprint density at radius 2 is 0.733 bits per heavy atom. The Hall–Kier alpha value is -7.28. The molecule has 4 unspecified atom stereocenters. The molecule has 8 rings (SSSR count). The lowest BCUT2D eigenvalue weighted by molar-refractivity contribution is -0.122. The third-order valence-electron chi connectivity index (χ3n) is 15.1. The summed E-state index contributed by atoms with van der Waals surface area (Å²) < 4.78 is 53.6. The van der Waals surface area contributed by atoms with Gasteiger partial charge in [-0.3, -0.25) is 19.2 Å². The number of likely N-dealkylation sites (tertiary alicyclic amines) is 4. The highest BCUT2D eigenvalue weighted by Gasteiger charge is 2.33. The zero-order chi connectivity index (χ0) is 66.2. The second-order valence-corrected chi connectivity index (χ2v) is 23.8. The number of hydrogen-bond acceptors (Lipinski definition) is 8. The molecule has 12 amide bonds. The molecule has 90 heavy (non-hydrogen) atoms. The number of rotatable bonds is 12. The van der Waals surface area contributed by atoms with Gasteiger partial charge in [-0.2, -0.15) is 0 Å². The van der Waals surface area contributed by atoms with Gasteiger partial charge >= 0.3 is 24.1 Å². The van der Waals surface area contributed by atoms with Crippen LogP contribution >= 0.6 is 46.4 Å². The molecule has 0 spiro atoms. The van der Waals surface area contributed by atoms with Gasteiger partial charge in [0.25, 0.3) is 0 Å². The van der Waals surface area contributed by atoms with Crippen molar-refractivity contribution in [3.8, 4) is 0 Å². The van der Waals surface area contributed by atoms with Crippen molar-refractivity contribution in [1.29, 1.82) is 0 Å². The summed E-state index contributed by atoms with van der Waals surface area (Å²) in [4.78, 5) is 107. The summed E-state index contributed by atoms with van der Waals surface area (Å²) in [5, 5.41) is 16.3. The van der Waals surface area contributed by atoms with Crippen molar-refractivity contribution < 1.29 is 55.9 Å². The van der Waals surface area contributed by atoms with Crippen LogP contribution in [-0.4, -0.2) is 170 Å². The van der Waals surface area contributed by atoms with Gasteiger partial charge in [-0.25, -0.2) is 36.7 Å². The molecule has 4 aromatic rings. The van der Waals surface area contributed by atoms with E-state index < -0.39 is 23.3 Å². The van der Waals surface area contributed by atoms with E-state index in [1.165, 1.54) is 53.4 Å². The molecule has 0 aromatic heterocycles. The van der Waals surface area contributed by atoms with Crippen LogP contribution in [0.15, 0.2) is 72.8 Å². The van der Waals surface area contributed by atoms with Crippen LogP contribution in [0.5, 0.6) is 0 Å². The third-order valence-corrected chi connectivity index (χ3v) is 16.3. The molecule has 492 valence electrons. The maximum atomic E-state index is 13.4. The van der Waals surface area contributed by atoms with Crippen molar-refractivity contribution in [2.75, 3.05) is 114 Å². The van der Waals surface area contributed by atoms with E-state index in [9.17, 15) is 55.9 Å². The number of anilines is 4. The largest absolute Gasteiger partial charge is 0.338 e. The quantitative estimate of drug-likeness (QED) is 0.0746. The maximum absolute atomic E-state index is 13.4. The van der Waals surface area contributed by atoms with Gasteiger partial charge in [0, 0.05) is 116 Å². The van der Waals surface area contributed by atoms with Gasteiger partial charge in [0.2, 0.25) is 23.6 Å². The van der Waals surface area contributed by atoms with Gasteiger partial charge in [0.05, 0.1) is 43.8 Å². The Kier molecular flexibility index (Phi) is 29.8. The number of halogens is 8. The first-order valence-corrected chi connectivity index (χ1v) is 31.4. The van der Waals surface area contributed by atoms with Crippen molar-refractivity contribution in [1.82, 2.24) is 40.0 Å². The molecule has 0 bridgehead atoms. The first-order chi connectivity index (χ1) is 42.8. The Morgan fingerprint density at radius 3 is 1.01 bits per heavy atom. The molecule has 4 aliphatic rings. The SMILES string of the molecule is CCCNC(=O)N1CCCC(C(=O)Nc2ccc(Cl)c(F)c2)C1.CCN(C)C(=O)N1CCCC(C(=O)Nc2ccc(Cl)c(F)c2)C1.CCNC(=O)N1CCCC(C(=O)Nc2ccc(Cl)c(F)c2)C1.CN(C)C(=O)N1CCCC(C(=O)Nc2ccc(Cl)c(F)c2)C1. The van der Waals surface area contributed by atoms with E-state index in [2.05, 4.69) is 31.9 Å². The molecule has 4 aromatic carbocycles. The standard InChI is InChI=1S/2C16H21ClFN3O2.2C15H19ClFN3O2/c1-3-20(2)16(23)21-8-4-5-11(10-21)15(22)19-12-6-7-13(17)14(18)9-12;1-2-7-19-16(23)21-8-3-4-11(10-21)15(22)20-12-5-6-13(17)14(18)9-12;1-19(2)15(22)20-7-3-4-10(9-20)14(21)18-11-5-6-12(16)13(17)8-11;1-2-18-15(22)20-7-3-4-10(9-20)14(21)19-11-5-6-12(16)13(17)8-11/h6-7,9,11H,3-5,8,10H2,1-2H3,(H,19,22);5-6,9,11H,2-4,7-8,10H2,1H3,(H,19,23)(H,20,22);5-6,8,10H,3-4,7,9H2,1-2H3,(H,18,21);5-6,8,10H,2-4,7,9H2,1H3,(H,18,22)(H,19,21). The Balaban J connectivity index is 0.000000218. The van der Waals surface area contributed by atoms with Gasteiger partial charge < -0.3 is 61.3 Å². The highest BCUT2D eigenvalue weighted by molar-refractivity contribution is 6.31. The number of urea groups is 4. The van der Waals surface area contributed by atoms with Crippen molar-refractivity contribution in [2.45, 2.75) is 78.6 Å². The van der Waals surface area contributed by atoms with Crippen molar-refractivity contribution in [3.05, 3.63) is 116 Å². The molecule has 4 heterocycles. The van der Waals surface area contributed by atoms with E-state index in [0.717, 1.165) is 32.1 Å². The van der Waals surface area contributed by atoms with Crippen LogP contribution in [0.3, 0.4) is 0 Å². The number of amides is 12. The third kappa shape index (κ3) is 22.9. The molecule has 4 saturated heterocycles. The lowest BCUT2D eigenvalue weighted by Gasteiger charge is -2.34. The first kappa shape index (κ1) is 73.5. The van der Waals surface area contributed by atoms with Crippen molar-refractivity contribution in [2.24, 2.45) is 23.7 Å². The monoisotopic (exact) mass is 1340 g/mol. The molecule has 6 N–H and O–H groups in total. The van der Waals surface area contributed by atoms with E-state index in [4.69, 9.17) is 46.4 Å². The highest BCUT2D eigenvalue weighted by atomic mass is 35.5. The Labute approximate surface area is 542 Å². The minimum Gasteiger partial charge on any atom is -0.338 e. The van der Waals surface area contributed by atoms with E-state index in [0.29, 0.717) is 120 Å². The minimum absolute atomic E-state index is 0.0121. The molecule has 4 atom stereocenters. The van der Waals surface area contributed by atoms with Crippen LogP contribution in [0, 0.1) is 46.9 Å². The van der Waals surface area contributed by atoms with Crippen LogP contribution in [0.1, 0.15) is 78.6 Å². The maximum Gasteiger partial charge on any atom is 0.319 e. The zero-order valence-corrected chi connectivity index (χ0v) is 54.4. The molecule has 4 fully saturated rings. The summed E-state index contributed by atoms with van der Waals surface area (Å²) in [6.45, 7) is 11.6. The van der Waals surface area contributed by atoms with Gasteiger partial charge in [0.1, 0.15) is 23.3 Å². The molecule has 20 nitrogen and oxygen atoms in total. The number of piperidine rings is 4. The average molecular weight is 1340 g/mol. The number of benzene rings is 4. The second kappa shape index (κ2) is 36.5. The van der Waals surface area contributed by atoms with Gasteiger partial charge in [-0.1, -0.05) is 53.3 Å². The van der Waals surface area contributed by atoms with Gasteiger partial charge in [-0.05, 0) is 144 Å². The van der Waals surface area contributed by atoms with Crippen molar-refractivity contribution >= 4 is 117 Å². The first-order valence-electron chi connectivity index (χ1n) is 29.9. The number of nitrogens with one attached hydrogen (secondary N) is 6. The molecule has 0 aliphatic carbocycles. The van der Waals surface area contributed by atoms with Gasteiger partial charge in [-0.15, -0.1) is 0 Å². The summed E-state index contributed by atoms with van der Waals surface area (Å²) >= 11 is 22.5. The fraction of sp³-hybridized carbons (Fsp3) is 0.484. The molecule has 0 radical (unpaired) electrons. The predicted octanol–water partition coefficient (Wildman–Crippen LogP) is 12.1. The molecular weight excluding hydrogens is 1260 g/mol. The lowest BCUT2D eigenvalue weighted by Crippen LogP contribution is -2.48. The van der Waals surface area contributed by atoms with Crippen LogP contribution in [-0.2, 0) is 19.2 Å². The average Bonchev–Trinajstić information content (AvgIpc) is 2.83.